The highest BCUT2D eigenvalue weighted by molar-refractivity contribution is 6.32. The van der Waals surface area contributed by atoms with Gasteiger partial charge in [0.15, 0.2) is 0 Å². The standard InChI is InChI=1S/C23H18ClN3O2/c1-26-11-10-17-18(13-26)23(15-6-8-19(24)21(12-15)27(28)29)25-20-9-7-14-4-2-3-5-16(14)22(17)20/h2-9,12H,10-11,13H2,1H3. The number of rotatable bonds is 2. The molecule has 5 nitrogen and oxygen atoms in total. The normalized spacial score (nSPS) is 14.3. The van der Waals surface area contributed by atoms with Gasteiger partial charge < -0.3 is 4.90 Å². The third-order valence-electron chi connectivity index (χ3n) is 5.68. The minimum atomic E-state index is -0.445. The van der Waals surface area contributed by atoms with Gasteiger partial charge in [-0.15, -0.1) is 0 Å². The van der Waals surface area contributed by atoms with Gasteiger partial charge >= 0.3 is 0 Å². The predicted octanol–water partition coefficient (Wildman–Crippen LogP) is 5.60. The van der Waals surface area contributed by atoms with Gasteiger partial charge in [-0.3, -0.25) is 10.1 Å². The second-order valence-electron chi connectivity index (χ2n) is 7.51. The van der Waals surface area contributed by atoms with E-state index in [0.29, 0.717) is 0 Å². The third kappa shape index (κ3) is 2.94. The molecular weight excluding hydrogens is 386 g/mol. The molecule has 2 heterocycles. The molecule has 0 amide bonds. The number of nitrogens with zero attached hydrogens (tertiary/aromatic N) is 3. The van der Waals surface area contributed by atoms with Crippen LogP contribution < -0.4 is 0 Å². The largest absolute Gasteiger partial charge is 0.302 e. The van der Waals surface area contributed by atoms with Crippen molar-refractivity contribution in [2.75, 3.05) is 13.6 Å². The second kappa shape index (κ2) is 6.79. The SMILES string of the molecule is CN1CCc2c(c(-c3ccc(Cl)c([N+](=O)[O-])c3)nc3ccc4ccccc4c23)C1. The summed E-state index contributed by atoms with van der Waals surface area (Å²) in [6.45, 7) is 1.72. The number of benzene rings is 3. The van der Waals surface area contributed by atoms with E-state index in [4.69, 9.17) is 16.6 Å². The van der Waals surface area contributed by atoms with Crippen LogP contribution in [0, 0.1) is 10.1 Å². The number of nitro groups is 1. The van der Waals surface area contributed by atoms with Crippen LogP contribution in [-0.4, -0.2) is 28.4 Å². The van der Waals surface area contributed by atoms with Crippen LogP contribution in [0.15, 0.2) is 54.6 Å². The molecule has 0 atom stereocenters. The summed E-state index contributed by atoms with van der Waals surface area (Å²) < 4.78 is 0. The highest BCUT2D eigenvalue weighted by atomic mass is 35.5. The average molecular weight is 404 g/mol. The van der Waals surface area contributed by atoms with Crippen LogP contribution in [0.3, 0.4) is 0 Å². The lowest BCUT2D eigenvalue weighted by Gasteiger charge is -2.28. The van der Waals surface area contributed by atoms with Crippen molar-refractivity contribution in [3.63, 3.8) is 0 Å². The average Bonchev–Trinajstić information content (AvgIpc) is 2.73. The van der Waals surface area contributed by atoms with Crippen molar-refractivity contribution < 1.29 is 4.92 Å². The molecule has 4 aromatic rings. The summed E-state index contributed by atoms with van der Waals surface area (Å²) in [6, 6.07) is 17.4. The first-order valence-corrected chi connectivity index (χ1v) is 9.87. The molecule has 0 unspecified atom stereocenters. The Labute approximate surface area is 172 Å². The Morgan fingerprint density at radius 2 is 1.93 bits per heavy atom. The number of nitro benzene ring substituents is 1. The van der Waals surface area contributed by atoms with Crippen LogP contribution in [-0.2, 0) is 13.0 Å². The molecule has 0 aliphatic carbocycles. The fourth-order valence-electron chi connectivity index (χ4n) is 4.29. The predicted molar refractivity (Wildman–Crippen MR) is 116 cm³/mol. The van der Waals surface area contributed by atoms with Crippen LogP contribution in [0.2, 0.25) is 5.02 Å². The number of halogens is 1. The fraction of sp³-hybridized carbons (Fsp3) is 0.174. The van der Waals surface area contributed by atoms with Crippen LogP contribution in [0.4, 0.5) is 5.69 Å². The number of hydrogen-bond acceptors (Lipinski definition) is 4. The molecule has 0 N–H and O–H groups in total. The molecule has 0 bridgehead atoms. The Morgan fingerprint density at radius 1 is 1.10 bits per heavy atom. The molecule has 0 fully saturated rings. The smallest absolute Gasteiger partial charge is 0.288 e. The Morgan fingerprint density at radius 3 is 2.76 bits per heavy atom. The van der Waals surface area contributed by atoms with Crippen molar-refractivity contribution in [2.45, 2.75) is 13.0 Å². The van der Waals surface area contributed by atoms with Crippen molar-refractivity contribution in [1.29, 1.82) is 0 Å². The van der Waals surface area contributed by atoms with Crippen LogP contribution in [0.25, 0.3) is 32.9 Å². The number of hydrogen-bond donors (Lipinski definition) is 0. The molecule has 0 radical (unpaired) electrons. The van der Waals surface area contributed by atoms with Crippen molar-refractivity contribution in [2.24, 2.45) is 0 Å². The monoisotopic (exact) mass is 403 g/mol. The van der Waals surface area contributed by atoms with Crippen molar-refractivity contribution in [1.82, 2.24) is 9.88 Å². The summed E-state index contributed by atoms with van der Waals surface area (Å²) >= 11 is 6.04. The molecule has 0 saturated carbocycles. The molecule has 5 rings (SSSR count). The third-order valence-corrected chi connectivity index (χ3v) is 6.00. The topological polar surface area (TPSA) is 59.3 Å². The molecule has 1 aromatic heterocycles. The minimum absolute atomic E-state index is 0.0949. The quantitative estimate of drug-likeness (QED) is 0.248. The molecular formula is C23H18ClN3O2. The minimum Gasteiger partial charge on any atom is -0.302 e. The summed E-state index contributed by atoms with van der Waals surface area (Å²) in [5.74, 6) is 0. The van der Waals surface area contributed by atoms with E-state index >= 15 is 0 Å². The van der Waals surface area contributed by atoms with Crippen molar-refractivity contribution >= 4 is 39.0 Å². The summed E-state index contributed by atoms with van der Waals surface area (Å²) in [5, 5.41) is 15.1. The maximum absolute atomic E-state index is 11.4. The molecule has 1 aliphatic rings. The second-order valence-corrected chi connectivity index (χ2v) is 7.92. The Kier molecular flexibility index (Phi) is 4.23. The van der Waals surface area contributed by atoms with Gasteiger partial charge in [-0.05, 0) is 47.5 Å². The number of likely N-dealkylation sites (N-methyl/N-ethyl adjacent to an activating group) is 1. The van der Waals surface area contributed by atoms with E-state index in [2.05, 4.69) is 36.2 Å². The zero-order chi connectivity index (χ0) is 20.1. The van der Waals surface area contributed by atoms with Crippen LogP contribution >= 0.6 is 11.6 Å². The molecule has 29 heavy (non-hydrogen) atoms. The van der Waals surface area contributed by atoms with E-state index in [9.17, 15) is 10.1 Å². The van der Waals surface area contributed by atoms with Crippen molar-refractivity contribution in [3.8, 4) is 11.3 Å². The zero-order valence-electron chi connectivity index (χ0n) is 15.9. The van der Waals surface area contributed by atoms with Crippen LogP contribution in [0.1, 0.15) is 11.1 Å². The molecule has 0 spiro atoms. The van der Waals surface area contributed by atoms with Gasteiger partial charge in [0, 0.05) is 30.1 Å². The zero-order valence-corrected chi connectivity index (χ0v) is 16.6. The van der Waals surface area contributed by atoms with Gasteiger partial charge in [-0.25, -0.2) is 4.98 Å². The lowest BCUT2D eigenvalue weighted by molar-refractivity contribution is -0.384. The first-order valence-electron chi connectivity index (χ1n) is 9.49. The number of fused-ring (bicyclic) bond motifs is 5. The number of aromatic nitrogens is 1. The Bertz CT molecular complexity index is 1300. The first-order chi connectivity index (χ1) is 14.0. The fourth-order valence-corrected chi connectivity index (χ4v) is 4.48. The van der Waals surface area contributed by atoms with Crippen LogP contribution in [0.5, 0.6) is 0 Å². The van der Waals surface area contributed by atoms with Gasteiger partial charge in [0.2, 0.25) is 0 Å². The van der Waals surface area contributed by atoms with E-state index in [0.717, 1.165) is 41.8 Å². The lowest BCUT2D eigenvalue weighted by Crippen LogP contribution is -2.27. The number of pyridine rings is 1. The first kappa shape index (κ1) is 18.0. The van der Waals surface area contributed by atoms with Gasteiger partial charge in [0.25, 0.3) is 5.69 Å². The summed E-state index contributed by atoms with van der Waals surface area (Å²) in [5.41, 5.74) is 4.77. The van der Waals surface area contributed by atoms with E-state index in [-0.39, 0.29) is 10.7 Å². The maximum Gasteiger partial charge on any atom is 0.288 e. The summed E-state index contributed by atoms with van der Waals surface area (Å²) in [6.07, 6.45) is 0.918. The van der Waals surface area contributed by atoms with E-state index in [1.165, 1.54) is 27.8 Å². The van der Waals surface area contributed by atoms with E-state index in [1.54, 1.807) is 6.07 Å². The Hall–Kier alpha value is -3.02. The Balaban J connectivity index is 1.86. The van der Waals surface area contributed by atoms with Gasteiger partial charge in [-0.2, -0.15) is 0 Å². The molecule has 3 aromatic carbocycles. The van der Waals surface area contributed by atoms with E-state index < -0.39 is 4.92 Å². The lowest BCUT2D eigenvalue weighted by atomic mass is 9.89. The molecule has 144 valence electrons. The molecule has 6 heteroatoms. The highest BCUT2D eigenvalue weighted by Crippen LogP contribution is 2.38. The summed E-state index contributed by atoms with van der Waals surface area (Å²) in [7, 11) is 2.09. The highest BCUT2D eigenvalue weighted by Gasteiger charge is 2.24. The maximum atomic E-state index is 11.4. The summed E-state index contributed by atoms with van der Waals surface area (Å²) in [4.78, 5) is 18.2. The van der Waals surface area contributed by atoms with Crippen molar-refractivity contribution in [3.05, 3.63) is 80.9 Å². The van der Waals surface area contributed by atoms with Gasteiger partial charge in [0.1, 0.15) is 5.02 Å². The molecule has 1 aliphatic heterocycles. The molecule has 0 saturated heterocycles. The van der Waals surface area contributed by atoms with Gasteiger partial charge in [-0.1, -0.05) is 48.0 Å². The van der Waals surface area contributed by atoms with Gasteiger partial charge in [0.05, 0.1) is 16.1 Å². The van der Waals surface area contributed by atoms with E-state index in [1.807, 2.05) is 18.2 Å².